The Kier molecular flexibility index (Phi) is 4.46. The highest BCUT2D eigenvalue weighted by atomic mass is 32.2. The second kappa shape index (κ2) is 6.78. The van der Waals surface area contributed by atoms with Crippen molar-refractivity contribution in [3.8, 4) is 5.75 Å². The van der Waals surface area contributed by atoms with Crippen LogP contribution in [0.4, 0.5) is 0 Å². The first-order chi connectivity index (χ1) is 12.7. The SMILES string of the molecule is CC(=O)N1N=C(c2ccccc2)SC12c1ccccc1OCC2CCN. The molecule has 4 rings (SSSR count). The van der Waals surface area contributed by atoms with Crippen molar-refractivity contribution < 1.29 is 9.53 Å². The van der Waals surface area contributed by atoms with E-state index >= 15 is 0 Å². The maximum atomic E-state index is 12.6. The molecule has 2 aliphatic rings. The first-order valence-electron chi connectivity index (χ1n) is 8.73. The lowest BCUT2D eigenvalue weighted by Crippen LogP contribution is -2.51. The normalized spacial score (nSPS) is 24.2. The van der Waals surface area contributed by atoms with Gasteiger partial charge in [0.2, 0.25) is 5.91 Å². The number of rotatable bonds is 3. The standard InChI is InChI=1S/C20H21N3O2S/c1-14(24)23-20(26-19(22-23)15-7-3-2-4-8-15)16(11-12-21)13-25-18-10-6-5-9-17(18)20/h2-10,16H,11-13,21H2,1H3. The fourth-order valence-electron chi connectivity index (χ4n) is 3.70. The maximum Gasteiger partial charge on any atom is 0.241 e. The Bertz CT molecular complexity index is 855. The van der Waals surface area contributed by atoms with Gasteiger partial charge in [-0.3, -0.25) is 4.79 Å². The van der Waals surface area contributed by atoms with Crippen molar-refractivity contribution in [3.05, 3.63) is 65.7 Å². The summed E-state index contributed by atoms with van der Waals surface area (Å²) in [7, 11) is 0. The molecule has 0 aliphatic carbocycles. The van der Waals surface area contributed by atoms with Crippen LogP contribution in [0.15, 0.2) is 59.7 Å². The number of fused-ring (bicyclic) bond motifs is 2. The minimum atomic E-state index is -0.620. The monoisotopic (exact) mass is 367 g/mol. The van der Waals surface area contributed by atoms with Crippen LogP contribution >= 0.6 is 11.8 Å². The molecule has 2 unspecified atom stereocenters. The molecule has 0 radical (unpaired) electrons. The van der Waals surface area contributed by atoms with Crippen molar-refractivity contribution in [2.45, 2.75) is 18.2 Å². The van der Waals surface area contributed by atoms with E-state index in [0.717, 1.165) is 28.3 Å². The molecule has 0 fully saturated rings. The molecule has 2 N–H and O–H groups in total. The van der Waals surface area contributed by atoms with Gasteiger partial charge in [-0.2, -0.15) is 5.10 Å². The van der Waals surface area contributed by atoms with Crippen LogP contribution in [0.25, 0.3) is 0 Å². The van der Waals surface area contributed by atoms with Gasteiger partial charge in [-0.1, -0.05) is 60.3 Å². The quantitative estimate of drug-likeness (QED) is 0.905. The lowest BCUT2D eigenvalue weighted by Gasteiger charge is -2.45. The van der Waals surface area contributed by atoms with Crippen molar-refractivity contribution in [2.75, 3.05) is 13.2 Å². The van der Waals surface area contributed by atoms with Gasteiger partial charge in [0, 0.05) is 24.0 Å². The summed E-state index contributed by atoms with van der Waals surface area (Å²) >= 11 is 1.63. The van der Waals surface area contributed by atoms with Gasteiger partial charge in [0.25, 0.3) is 0 Å². The van der Waals surface area contributed by atoms with E-state index < -0.39 is 4.87 Å². The number of nitrogens with two attached hydrogens (primary N) is 1. The number of hydrogen-bond acceptors (Lipinski definition) is 5. The van der Waals surface area contributed by atoms with Crippen LogP contribution in [0, 0.1) is 5.92 Å². The van der Waals surface area contributed by atoms with Gasteiger partial charge in [0.15, 0.2) is 4.87 Å². The van der Waals surface area contributed by atoms with Gasteiger partial charge < -0.3 is 10.5 Å². The van der Waals surface area contributed by atoms with Crippen LogP contribution in [-0.4, -0.2) is 29.1 Å². The molecule has 134 valence electrons. The van der Waals surface area contributed by atoms with Crippen LogP contribution < -0.4 is 10.5 Å². The highest BCUT2D eigenvalue weighted by Gasteiger charge is 2.56. The predicted octanol–water partition coefficient (Wildman–Crippen LogP) is 3.15. The molecule has 2 aromatic rings. The second-order valence-electron chi connectivity index (χ2n) is 6.48. The van der Waals surface area contributed by atoms with E-state index in [1.54, 1.807) is 23.7 Å². The average Bonchev–Trinajstić information content (AvgIpc) is 3.07. The van der Waals surface area contributed by atoms with Crippen molar-refractivity contribution >= 4 is 22.7 Å². The molecule has 0 bridgehead atoms. The minimum absolute atomic E-state index is 0.0567. The van der Waals surface area contributed by atoms with Crippen LogP contribution in [0.3, 0.4) is 0 Å². The zero-order valence-corrected chi connectivity index (χ0v) is 15.4. The number of ether oxygens (including phenoxy) is 1. The first-order valence-corrected chi connectivity index (χ1v) is 9.54. The highest BCUT2D eigenvalue weighted by molar-refractivity contribution is 8.15. The number of carbonyl (C=O) groups is 1. The summed E-state index contributed by atoms with van der Waals surface area (Å²) in [5, 5.41) is 7.22. The van der Waals surface area contributed by atoms with E-state index in [-0.39, 0.29) is 11.8 Å². The largest absolute Gasteiger partial charge is 0.493 e. The fraction of sp³-hybridized carbons (Fsp3) is 0.300. The average molecular weight is 367 g/mol. The number of amides is 1. The lowest BCUT2D eigenvalue weighted by molar-refractivity contribution is -0.134. The van der Waals surface area contributed by atoms with E-state index in [0.29, 0.717) is 13.2 Å². The molecular weight excluding hydrogens is 346 g/mol. The topological polar surface area (TPSA) is 67.9 Å². The molecule has 1 spiro atoms. The van der Waals surface area contributed by atoms with Crippen molar-refractivity contribution in [1.82, 2.24) is 5.01 Å². The summed E-state index contributed by atoms with van der Waals surface area (Å²) in [6, 6.07) is 17.9. The third-order valence-corrected chi connectivity index (χ3v) is 6.41. The molecule has 26 heavy (non-hydrogen) atoms. The summed E-state index contributed by atoms with van der Waals surface area (Å²) in [6.45, 7) is 2.62. The summed E-state index contributed by atoms with van der Waals surface area (Å²) in [5.41, 5.74) is 7.89. The Balaban J connectivity index is 1.87. The summed E-state index contributed by atoms with van der Waals surface area (Å²) in [5.74, 6) is 0.785. The zero-order valence-electron chi connectivity index (χ0n) is 14.6. The maximum absolute atomic E-state index is 12.6. The third kappa shape index (κ3) is 2.61. The van der Waals surface area contributed by atoms with E-state index in [1.165, 1.54) is 0 Å². The molecular formula is C20H21N3O2S. The van der Waals surface area contributed by atoms with Gasteiger partial charge in [0.1, 0.15) is 10.8 Å². The van der Waals surface area contributed by atoms with Crippen LogP contribution in [-0.2, 0) is 9.67 Å². The van der Waals surface area contributed by atoms with E-state index in [1.807, 2.05) is 54.6 Å². The van der Waals surface area contributed by atoms with E-state index in [2.05, 4.69) is 0 Å². The second-order valence-corrected chi connectivity index (χ2v) is 7.70. The van der Waals surface area contributed by atoms with Crippen LogP contribution in [0.2, 0.25) is 0 Å². The van der Waals surface area contributed by atoms with Crippen LogP contribution in [0.1, 0.15) is 24.5 Å². The van der Waals surface area contributed by atoms with Crippen molar-refractivity contribution in [2.24, 2.45) is 16.8 Å². The third-order valence-electron chi connectivity index (χ3n) is 4.86. The Morgan fingerprint density at radius 2 is 2.00 bits per heavy atom. The fourth-order valence-corrected chi connectivity index (χ4v) is 5.25. The molecule has 2 heterocycles. The van der Waals surface area contributed by atoms with Crippen molar-refractivity contribution in [3.63, 3.8) is 0 Å². The molecule has 0 saturated heterocycles. The highest BCUT2D eigenvalue weighted by Crippen LogP contribution is 2.57. The number of carbonyl (C=O) groups excluding carboxylic acids is 1. The molecule has 5 nitrogen and oxygen atoms in total. The first kappa shape index (κ1) is 17.1. The smallest absolute Gasteiger partial charge is 0.241 e. The number of hydrazone groups is 1. The van der Waals surface area contributed by atoms with Gasteiger partial charge in [-0.05, 0) is 19.0 Å². The summed E-state index contributed by atoms with van der Waals surface area (Å²) in [6.07, 6.45) is 0.753. The molecule has 0 saturated carbocycles. The van der Waals surface area contributed by atoms with Crippen molar-refractivity contribution in [1.29, 1.82) is 0 Å². The predicted molar refractivity (Wildman–Crippen MR) is 104 cm³/mol. The van der Waals surface area contributed by atoms with Gasteiger partial charge >= 0.3 is 0 Å². The van der Waals surface area contributed by atoms with Crippen LogP contribution in [0.5, 0.6) is 5.75 Å². The van der Waals surface area contributed by atoms with E-state index in [9.17, 15) is 4.79 Å². The number of para-hydroxylation sites is 1. The van der Waals surface area contributed by atoms with Gasteiger partial charge in [-0.15, -0.1) is 0 Å². The Morgan fingerprint density at radius 3 is 2.73 bits per heavy atom. The number of thioether (sulfide) groups is 1. The molecule has 1 amide bonds. The lowest BCUT2D eigenvalue weighted by atomic mass is 9.86. The van der Waals surface area contributed by atoms with Gasteiger partial charge in [-0.25, -0.2) is 5.01 Å². The molecule has 6 heteroatoms. The van der Waals surface area contributed by atoms with Gasteiger partial charge in [0.05, 0.1) is 6.61 Å². The summed E-state index contributed by atoms with van der Waals surface area (Å²) in [4.78, 5) is 12.0. The Morgan fingerprint density at radius 1 is 1.27 bits per heavy atom. The summed E-state index contributed by atoms with van der Waals surface area (Å²) < 4.78 is 5.99. The Labute approximate surface area is 157 Å². The number of nitrogens with zero attached hydrogens (tertiary/aromatic N) is 2. The van der Waals surface area contributed by atoms with E-state index in [4.69, 9.17) is 15.6 Å². The minimum Gasteiger partial charge on any atom is -0.493 e. The number of hydrogen-bond donors (Lipinski definition) is 1. The molecule has 2 atom stereocenters. The number of benzene rings is 2. The zero-order chi connectivity index (χ0) is 18.1. The Hall–Kier alpha value is -2.31. The molecule has 0 aromatic heterocycles. The molecule has 2 aromatic carbocycles. The molecule has 2 aliphatic heterocycles.